The molecule has 0 spiro atoms. The lowest BCUT2D eigenvalue weighted by Crippen LogP contribution is -2.30. The number of benzene rings is 1. The first-order chi connectivity index (χ1) is 11.1. The molecule has 0 aromatic heterocycles. The highest BCUT2D eigenvalue weighted by Crippen LogP contribution is 2.41. The molecule has 0 unspecified atom stereocenters. The number of carbonyl (C=O) groups excluding carboxylic acids is 1. The Morgan fingerprint density at radius 1 is 0.913 bits per heavy atom. The van der Waals surface area contributed by atoms with Gasteiger partial charge in [-0.15, -0.1) is 0 Å². The molecule has 23 heavy (non-hydrogen) atoms. The topological polar surface area (TPSA) is 26.3 Å². The second-order valence-corrected chi connectivity index (χ2v) is 9.12. The summed E-state index contributed by atoms with van der Waals surface area (Å²) in [7, 11) is 0. The molecule has 2 aliphatic carbocycles. The first kappa shape index (κ1) is 17.2. The second kappa shape index (κ2) is 8.00. The van der Waals surface area contributed by atoms with Crippen LogP contribution in [0.1, 0.15) is 56.9 Å². The van der Waals surface area contributed by atoms with Crippen LogP contribution < -0.4 is 4.74 Å². The third-order valence-corrected chi connectivity index (χ3v) is 6.96. The predicted octanol–water partition coefficient (Wildman–Crippen LogP) is 5.70. The average molecular weight is 426 g/mol. The number of aryl methyl sites for hydroxylation is 1. The first-order valence-corrected chi connectivity index (χ1v) is 10.3. The summed E-state index contributed by atoms with van der Waals surface area (Å²) >= 11 is 2.60. The van der Waals surface area contributed by atoms with Crippen LogP contribution in [0.2, 0.25) is 0 Å². The SMILES string of the molecule is Cc1ccc(OC(=O)C2CCC(C3CCC(I)CC3)CC2)cc1. The summed E-state index contributed by atoms with van der Waals surface area (Å²) in [5.41, 5.74) is 1.19. The Kier molecular flexibility index (Phi) is 6.00. The highest BCUT2D eigenvalue weighted by atomic mass is 127. The van der Waals surface area contributed by atoms with Crippen LogP contribution in [0.4, 0.5) is 0 Å². The van der Waals surface area contributed by atoms with Crippen molar-refractivity contribution in [3.63, 3.8) is 0 Å². The lowest BCUT2D eigenvalue weighted by atomic mass is 9.71. The van der Waals surface area contributed by atoms with Crippen LogP contribution >= 0.6 is 22.6 Å². The fourth-order valence-electron chi connectivity index (χ4n) is 4.18. The molecule has 0 atom stereocenters. The largest absolute Gasteiger partial charge is 0.426 e. The van der Waals surface area contributed by atoms with E-state index in [0.717, 1.165) is 28.6 Å². The minimum absolute atomic E-state index is 0.0247. The summed E-state index contributed by atoms with van der Waals surface area (Å²) in [5, 5.41) is 0. The molecule has 0 N–H and O–H groups in total. The van der Waals surface area contributed by atoms with Crippen molar-refractivity contribution in [3.8, 4) is 5.75 Å². The molecule has 0 heterocycles. The molecule has 0 radical (unpaired) electrons. The fourth-order valence-corrected chi connectivity index (χ4v) is 4.90. The van der Waals surface area contributed by atoms with E-state index >= 15 is 0 Å². The van der Waals surface area contributed by atoms with Crippen molar-refractivity contribution in [2.75, 3.05) is 0 Å². The van der Waals surface area contributed by atoms with Crippen LogP contribution in [-0.2, 0) is 4.79 Å². The Balaban J connectivity index is 1.46. The summed E-state index contributed by atoms with van der Waals surface area (Å²) in [4.78, 5) is 12.4. The summed E-state index contributed by atoms with van der Waals surface area (Å²) < 4.78 is 6.46. The van der Waals surface area contributed by atoms with Gasteiger partial charge in [-0.05, 0) is 82.3 Å². The molecule has 0 saturated heterocycles. The quantitative estimate of drug-likeness (QED) is 0.268. The van der Waals surface area contributed by atoms with Gasteiger partial charge in [-0.3, -0.25) is 4.79 Å². The van der Waals surface area contributed by atoms with Crippen LogP contribution in [0, 0.1) is 24.7 Å². The molecule has 126 valence electrons. The number of carbonyl (C=O) groups is 1. The zero-order chi connectivity index (χ0) is 16.2. The minimum atomic E-state index is -0.0247. The van der Waals surface area contributed by atoms with Gasteiger partial charge in [0.05, 0.1) is 5.92 Å². The summed E-state index contributed by atoms with van der Waals surface area (Å²) in [5.74, 6) is 2.53. The van der Waals surface area contributed by atoms with Crippen LogP contribution in [0.25, 0.3) is 0 Å². The van der Waals surface area contributed by atoms with Crippen LogP contribution in [0.15, 0.2) is 24.3 Å². The third-order valence-electron chi connectivity index (χ3n) is 5.71. The molecule has 2 fully saturated rings. The van der Waals surface area contributed by atoms with E-state index in [-0.39, 0.29) is 11.9 Å². The summed E-state index contributed by atoms with van der Waals surface area (Å²) in [6, 6.07) is 7.76. The summed E-state index contributed by atoms with van der Waals surface area (Å²) in [6.07, 6.45) is 10.0. The first-order valence-electron chi connectivity index (χ1n) is 9.04. The zero-order valence-electron chi connectivity index (χ0n) is 14.0. The predicted molar refractivity (Wildman–Crippen MR) is 102 cm³/mol. The van der Waals surface area contributed by atoms with E-state index in [1.807, 2.05) is 31.2 Å². The third kappa shape index (κ3) is 4.71. The van der Waals surface area contributed by atoms with E-state index in [1.54, 1.807) is 0 Å². The van der Waals surface area contributed by atoms with Gasteiger partial charge in [0.2, 0.25) is 0 Å². The number of hydrogen-bond acceptors (Lipinski definition) is 2. The van der Waals surface area contributed by atoms with Gasteiger partial charge in [-0.1, -0.05) is 40.3 Å². The number of hydrogen-bond donors (Lipinski definition) is 0. The van der Waals surface area contributed by atoms with E-state index in [9.17, 15) is 4.79 Å². The molecule has 2 saturated carbocycles. The number of halogens is 1. The Morgan fingerprint density at radius 3 is 2.00 bits per heavy atom. The van der Waals surface area contributed by atoms with E-state index in [4.69, 9.17) is 4.74 Å². The molecule has 3 rings (SSSR count). The van der Waals surface area contributed by atoms with Gasteiger partial charge in [0, 0.05) is 3.92 Å². The highest BCUT2D eigenvalue weighted by Gasteiger charge is 2.33. The van der Waals surface area contributed by atoms with E-state index in [2.05, 4.69) is 22.6 Å². The van der Waals surface area contributed by atoms with Gasteiger partial charge >= 0.3 is 5.97 Å². The molecular weight excluding hydrogens is 399 g/mol. The number of rotatable bonds is 3. The Bertz CT molecular complexity index is 509. The van der Waals surface area contributed by atoms with Crippen molar-refractivity contribution in [3.05, 3.63) is 29.8 Å². The molecule has 1 aromatic rings. The van der Waals surface area contributed by atoms with Gasteiger partial charge < -0.3 is 4.74 Å². The molecule has 2 nitrogen and oxygen atoms in total. The van der Waals surface area contributed by atoms with Gasteiger partial charge in [0.15, 0.2) is 0 Å². The standard InChI is InChI=1S/C20H27IO2/c1-14-2-12-19(13-3-14)23-20(22)17-6-4-15(5-7-17)16-8-10-18(21)11-9-16/h2-3,12-13,15-18H,4-11H2,1H3. The number of esters is 1. The number of alkyl halides is 1. The van der Waals surface area contributed by atoms with Crippen molar-refractivity contribution < 1.29 is 9.53 Å². The maximum Gasteiger partial charge on any atom is 0.314 e. The molecular formula is C20H27IO2. The lowest BCUT2D eigenvalue weighted by molar-refractivity contribution is -0.140. The minimum Gasteiger partial charge on any atom is -0.426 e. The monoisotopic (exact) mass is 426 g/mol. The average Bonchev–Trinajstić information content (AvgIpc) is 2.58. The van der Waals surface area contributed by atoms with Gasteiger partial charge in [-0.2, -0.15) is 0 Å². The normalized spacial score (nSPS) is 31.6. The smallest absolute Gasteiger partial charge is 0.314 e. The Labute approximate surface area is 153 Å². The number of ether oxygens (including phenoxy) is 1. The molecule has 1 aromatic carbocycles. The second-order valence-electron chi connectivity index (χ2n) is 7.36. The molecule has 0 aliphatic heterocycles. The van der Waals surface area contributed by atoms with E-state index in [1.165, 1.54) is 44.1 Å². The van der Waals surface area contributed by atoms with E-state index < -0.39 is 0 Å². The van der Waals surface area contributed by atoms with Crippen LogP contribution in [0.3, 0.4) is 0 Å². The van der Waals surface area contributed by atoms with Crippen molar-refractivity contribution in [1.29, 1.82) is 0 Å². The van der Waals surface area contributed by atoms with Gasteiger partial charge in [0.1, 0.15) is 5.75 Å². The zero-order valence-corrected chi connectivity index (χ0v) is 16.1. The van der Waals surface area contributed by atoms with Crippen molar-refractivity contribution in [2.24, 2.45) is 17.8 Å². The molecule has 2 aliphatic rings. The van der Waals surface area contributed by atoms with Crippen LogP contribution in [-0.4, -0.2) is 9.89 Å². The van der Waals surface area contributed by atoms with Crippen LogP contribution in [0.5, 0.6) is 5.75 Å². The van der Waals surface area contributed by atoms with Gasteiger partial charge in [-0.25, -0.2) is 0 Å². The molecule has 0 amide bonds. The Hall–Kier alpha value is -0.580. The maximum atomic E-state index is 12.4. The lowest BCUT2D eigenvalue weighted by Gasteiger charge is -2.36. The fraction of sp³-hybridized carbons (Fsp3) is 0.650. The molecule has 3 heteroatoms. The highest BCUT2D eigenvalue weighted by molar-refractivity contribution is 14.1. The van der Waals surface area contributed by atoms with E-state index in [0.29, 0.717) is 5.75 Å². The maximum absolute atomic E-state index is 12.4. The van der Waals surface area contributed by atoms with Crippen molar-refractivity contribution in [1.82, 2.24) is 0 Å². The summed E-state index contributed by atoms with van der Waals surface area (Å²) in [6.45, 7) is 2.04. The Morgan fingerprint density at radius 2 is 1.43 bits per heavy atom. The van der Waals surface area contributed by atoms with Crippen molar-refractivity contribution in [2.45, 2.75) is 62.2 Å². The van der Waals surface area contributed by atoms with Gasteiger partial charge in [0.25, 0.3) is 0 Å². The van der Waals surface area contributed by atoms with Crippen molar-refractivity contribution >= 4 is 28.6 Å². The molecule has 0 bridgehead atoms.